The van der Waals surface area contributed by atoms with E-state index >= 15 is 0 Å². The van der Waals surface area contributed by atoms with Gasteiger partial charge >= 0.3 is 5.97 Å². The lowest BCUT2D eigenvalue weighted by atomic mass is 9.94. The van der Waals surface area contributed by atoms with Gasteiger partial charge in [0.15, 0.2) is 0 Å². The van der Waals surface area contributed by atoms with E-state index in [9.17, 15) is 24.3 Å². The van der Waals surface area contributed by atoms with Crippen LogP contribution in [-0.4, -0.2) is 58.9 Å². The van der Waals surface area contributed by atoms with E-state index in [1.807, 2.05) is 36.4 Å². The van der Waals surface area contributed by atoms with Gasteiger partial charge in [0.1, 0.15) is 0 Å². The molecule has 40 heavy (non-hydrogen) atoms. The number of carbonyl (C=O) groups is 4. The maximum atomic E-state index is 13.5. The Balaban J connectivity index is 1.15. The fourth-order valence-corrected chi connectivity index (χ4v) is 5.86. The lowest BCUT2D eigenvalue weighted by Crippen LogP contribution is -2.43. The Hall–Kier alpha value is -4.46. The summed E-state index contributed by atoms with van der Waals surface area (Å²) in [5.41, 5.74) is 2.76. The van der Waals surface area contributed by atoms with Crippen molar-refractivity contribution >= 4 is 23.7 Å². The molecule has 0 spiro atoms. The molecule has 3 amide bonds. The zero-order valence-corrected chi connectivity index (χ0v) is 21.9. The number of carbonyl (C=O) groups excluding carboxylic acids is 3. The molecule has 1 heterocycles. The molecule has 8 heteroatoms. The van der Waals surface area contributed by atoms with Gasteiger partial charge in [0.05, 0.1) is 17.4 Å². The molecule has 3 aromatic rings. The van der Waals surface area contributed by atoms with Crippen LogP contribution in [0.1, 0.15) is 56.5 Å². The van der Waals surface area contributed by atoms with Gasteiger partial charge in [0.2, 0.25) is 11.8 Å². The van der Waals surface area contributed by atoms with E-state index in [0.717, 1.165) is 12.8 Å². The average molecular weight is 538 g/mol. The predicted octanol–water partition coefficient (Wildman–Crippen LogP) is 3.42. The van der Waals surface area contributed by atoms with Crippen molar-refractivity contribution in [1.29, 1.82) is 0 Å². The quantitative estimate of drug-likeness (QED) is 0.407. The SMILES string of the molecule is O=C(O)c1ccc(C(=O)N2C[C@@H](C(=O)N[C@H]3C[C@@H]3c3ccccc3)[C@H](C(=O)N[C@H]3C[C@@H]3c3ccccc3)C2)cc1. The van der Waals surface area contributed by atoms with Crippen LogP contribution in [0.3, 0.4) is 0 Å². The predicted molar refractivity (Wildman–Crippen MR) is 148 cm³/mol. The highest BCUT2D eigenvalue weighted by molar-refractivity contribution is 5.98. The standard InChI is InChI=1S/C32H31N3O5/c36-29(33-27-15-23(27)19-7-3-1-4-8-19)25-17-35(31(38)21-11-13-22(14-12-21)32(39)40)18-26(25)30(37)34-28-16-24(28)20-9-5-2-6-10-20/h1-14,23-28H,15-18H2,(H,33,36)(H,34,37)(H,39,40)/t23-,24-,25-,26-,27+,28+/m1/s1. The molecule has 3 N–H and O–H groups in total. The summed E-state index contributed by atoms with van der Waals surface area (Å²) in [4.78, 5) is 53.1. The van der Waals surface area contributed by atoms with Crippen molar-refractivity contribution in [3.63, 3.8) is 0 Å². The van der Waals surface area contributed by atoms with Crippen LogP contribution in [-0.2, 0) is 9.59 Å². The molecular formula is C32H31N3O5. The number of carboxylic acids is 1. The van der Waals surface area contributed by atoms with Gasteiger partial charge in [-0.25, -0.2) is 4.79 Å². The first-order chi connectivity index (χ1) is 19.4. The van der Waals surface area contributed by atoms with E-state index in [0.29, 0.717) is 5.56 Å². The van der Waals surface area contributed by atoms with Crippen LogP contribution >= 0.6 is 0 Å². The maximum Gasteiger partial charge on any atom is 0.335 e. The van der Waals surface area contributed by atoms with Crippen LogP contribution in [0.2, 0.25) is 0 Å². The highest BCUT2D eigenvalue weighted by atomic mass is 16.4. The Kier molecular flexibility index (Phi) is 6.84. The van der Waals surface area contributed by atoms with Gasteiger partial charge in [-0.2, -0.15) is 0 Å². The summed E-state index contributed by atoms with van der Waals surface area (Å²) < 4.78 is 0. The van der Waals surface area contributed by atoms with Gasteiger partial charge in [0.25, 0.3) is 5.91 Å². The van der Waals surface area contributed by atoms with Crippen LogP contribution in [0.4, 0.5) is 0 Å². The topological polar surface area (TPSA) is 116 Å². The number of carboxylic acid groups (broad SMARTS) is 1. The Morgan fingerprint density at radius 3 is 1.48 bits per heavy atom. The molecule has 0 unspecified atom stereocenters. The minimum atomic E-state index is -1.07. The van der Waals surface area contributed by atoms with E-state index < -0.39 is 17.8 Å². The second-order valence-electron chi connectivity index (χ2n) is 11.0. The van der Waals surface area contributed by atoms with E-state index in [4.69, 9.17) is 0 Å². The maximum absolute atomic E-state index is 13.5. The summed E-state index contributed by atoms with van der Waals surface area (Å²) in [5, 5.41) is 15.4. The fourth-order valence-electron chi connectivity index (χ4n) is 5.86. The van der Waals surface area contributed by atoms with Gasteiger partial charge in [-0.3, -0.25) is 14.4 Å². The van der Waals surface area contributed by atoms with Crippen LogP contribution < -0.4 is 10.6 Å². The Morgan fingerprint density at radius 1 is 0.625 bits per heavy atom. The molecule has 3 aliphatic rings. The fraction of sp³-hybridized carbons (Fsp3) is 0.312. The number of rotatable bonds is 8. The summed E-state index contributed by atoms with van der Waals surface area (Å²) in [6.45, 7) is 0.248. The first-order valence-electron chi connectivity index (χ1n) is 13.7. The molecule has 8 nitrogen and oxygen atoms in total. The number of likely N-dealkylation sites (tertiary alicyclic amines) is 1. The number of hydrogen-bond donors (Lipinski definition) is 3. The molecule has 1 saturated heterocycles. The zero-order chi connectivity index (χ0) is 27.8. The van der Waals surface area contributed by atoms with Crippen molar-refractivity contribution in [1.82, 2.24) is 15.5 Å². The summed E-state index contributed by atoms with van der Waals surface area (Å²) >= 11 is 0. The number of benzene rings is 3. The lowest BCUT2D eigenvalue weighted by Gasteiger charge is -2.18. The van der Waals surface area contributed by atoms with E-state index in [1.54, 1.807) is 0 Å². The van der Waals surface area contributed by atoms with Crippen molar-refractivity contribution < 1.29 is 24.3 Å². The van der Waals surface area contributed by atoms with Gasteiger partial charge in [-0.1, -0.05) is 60.7 Å². The zero-order valence-electron chi connectivity index (χ0n) is 21.9. The largest absolute Gasteiger partial charge is 0.478 e. The number of nitrogens with one attached hydrogen (secondary N) is 2. The first kappa shape index (κ1) is 25.8. The second kappa shape index (κ2) is 10.6. The van der Waals surface area contributed by atoms with Crippen molar-refractivity contribution in [3.8, 4) is 0 Å². The minimum Gasteiger partial charge on any atom is -0.478 e. The molecule has 2 saturated carbocycles. The highest BCUT2D eigenvalue weighted by Gasteiger charge is 2.48. The summed E-state index contributed by atoms with van der Waals surface area (Å²) in [6, 6.07) is 25.8. The monoisotopic (exact) mass is 537 g/mol. The van der Waals surface area contributed by atoms with Crippen molar-refractivity contribution in [2.24, 2.45) is 11.8 Å². The molecule has 6 rings (SSSR count). The summed E-state index contributed by atoms with van der Waals surface area (Å²) in [5.74, 6) is -2.67. The number of amides is 3. The smallest absolute Gasteiger partial charge is 0.335 e. The molecule has 204 valence electrons. The summed E-state index contributed by atoms with van der Waals surface area (Å²) in [6.07, 6.45) is 1.69. The molecule has 0 bridgehead atoms. The normalized spacial score (nSPS) is 26.6. The molecule has 1 aliphatic heterocycles. The molecular weight excluding hydrogens is 506 g/mol. The van der Waals surface area contributed by atoms with Gasteiger partial charge in [0, 0.05) is 42.6 Å². The van der Waals surface area contributed by atoms with Crippen LogP contribution in [0.5, 0.6) is 0 Å². The Labute approximate surface area is 232 Å². The third-order valence-corrected chi connectivity index (χ3v) is 8.35. The van der Waals surface area contributed by atoms with Crippen molar-refractivity contribution in [3.05, 3.63) is 107 Å². The van der Waals surface area contributed by atoms with Gasteiger partial charge in [-0.05, 0) is 48.2 Å². The molecule has 2 aliphatic carbocycles. The molecule has 0 radical (unpaired) electrons. The average Bonchev–Trinajstić information content (AvgIpc) is 3.88. The molecule has 3 aromatic carbocycles. The van der Waals surface area contributed by atoms with Crippen LogP contribution in [0.15, 0.2) is 84.9 Å². The summed E-state index contributed by atoms with van der Waals surface area (Å²) in [7, 11) is 0. The molecule has 0 aromatic heterocycles. The van der Waals surface area contributed by atoms with Crippen molar-refractivity contribution in [2.75, 3.05) is 13.1 Å². The third-order valence-electron chi connectivity index (χ3n) is 8.35. The number of aromatic carboxylic acids is 1. The van der Waals surface area contributed by atoms with Gasteiger partial charge < -0.3 is 20.6 Å². The van der Waals surface area contributed by atoms with Crippen molar-refractivity contribution in [2.45, 2.75) is 36.8 Å². The first-order valence-corrected chi connectivity index (χ1v) is 13.7. The molecule has 6 atom stereocenters. The Morgan fingerprint density at radius 2 is 1.05 bits per heavy atom. The highest BCUT2D eigenvalue weighted by Crippen LogP contribution is 2.42. The van der Waals surface area contributed by atoms with Gasteiger partial charge in [-0.15, -0.1) is 0 Å². The molecule has 3 fully saturated rings. The van der Waals surface area contributed by atoms with Crippen LogP contribution in [0, 0.1) is 11.8 Å². The minimum absolute atomic E-state index is 0.0119. The van der Waals surface area contributed by atoms with Crippen LogP contribution in [0.25, 0.3) is 0 Å². The second-order valence-corrected chi connectivity index (χ2v) is 11.0. The number of nitrogens with zero attached hydrogens (tertiary/aromatic N) is 1. The Bertz CT molecular complexity index is 1350. The number of hydrogen-bond acceptors (Lipinski definition) is 4. The van der Waals surface area contributed by atoms with E-state index in [1.165, 1.54) is 40.3 Å². The lowest BCUT2D eigenvalue weighted by molar-refractivity contribution is -0.133. The third kappa shape index (κ3) is 5.34. The van der Waals surface area contributed by atoms with E-state index in [2.05, 4.69) is 34.9 Å². The van der Waals surface area contributed by atoms with E-state index in [-0.39, 0.29) is 60.3 Å².